The van der Waals surface area contributed by atoms with Crippen LogP contribution in [0.3, 0.4) is 0 Å². The average molecular weight is 728 g/mol. The van der Waals surface area contributed by atoms with Gasteiger partial charge in [0.25, 0.3) is 5.91 Å². The van der Waals surface area contributed by atoms with Crippen LogP contribution in [0.2, 0.25) is 0 Å². The molecule has 50 heavy (non-hydrogen) atoms. The highest BCUT2D eigenvalue weighted by Gasteiger charge is 2.32. The number of rotatable bonds is 13. The lowest BCUT2D eigenvalue weighted by Crippen LogP contribution is -2.49. The molecule has 1 aliphatic rings. The standard InChI is InChI=1S/C30H49N9O10S/c1-33-18-21-8-7-10-23-27(21)49-17-16-48-15-14-47-13-12-39(50(44,45)38(3)28(32)26(34-2)29(42)37-23)20-25(41)36-19-24(40)35-11-6-5-9-22(31)30(43)46-4/h7-8,10,22,33H,2,5-6,9,11-20,31-32H2,1,3-4H3,(H,35,40)(H,36,41)(H,37,42)/b28-26-/t22-/m1/s1. The molecule has 0 saturated heterocycles. The summed E-state index contributed by atoms with van der Waals surface area (Å²) in [6.07, 6.45) is 1.46. The molecule has 1 aromatic carbocycles. The van der Waals surface area contributed by atoms with Gasteiger partial charge in [0.15, 0.2) is 5.70 Å². The van der Waals surface area contributed by atoms with Crippen LogP contribution in [0.4, 0.5) is 5.69 Å². The van der Waals surface area contributed by atoms with Crippen molar-refractivity contribution in [3.63, 3.8) is 0 Å². The molecule has 0 unspecified atom stereocenters. The van der Waals surface area contributed by atoms with Crippen molar-refractivity contribution in [3.8, 4) is 5.75 Å². The molecule has 0 saturated carbocycles. The molecular weight excluding hydrogens is 678 g/mol. The first kappa shape index (κ1) is 41.8. The van der Waals surface area contributed by atoms with Crippen LogP contribution in [-0.4, -0.2) is 134 Å². The molecule has 0 bridgehead atoms. The fourth-order valence-corrected chi connectivity index (χ4v) is 5.76. The third-order valence-corrected chi connectivity index (χ3v) is 9.06. The quantitative estimate of drug-likeness (QED) is 0.0730. The number of nitrogens with one attached hydrogen (secondary N) is 4. The number of unbranched alkanes of at least 4 members (excludes halogenated alkanes) is 1. The highest BCUT2D eigenvalue weighted by molar-refractivity contribution is 7.86. The number of methoxy groups -OCH3 is 1. The number of esters is 1. The Bertz CT molecular complexity index is 1460. The lowest BCUT2D eigenvalue weighted by Gasteiger charge is -2.29. The summed E-state index contributed by atoms with van der Waals surface area (Å²) in [6, 6.07) is 4.36. The first-order valence-electron chi connectivity index (χ1n) is 15.8. The molecule has 0 spiro atoms. The van der Waals surface area contributed by atoms with Crippen LogP contribution < -0.4 is 37.5 Å². The number of aliphatic imine (C=N–C) groups is 1. The van der Waals surface area contributed by atoms with E-state index in [1.165, 1.54) is 7.11 Å². The van der Waals surface area contributed by atoms with Crippen LogP contribution in [0.1, 0.15) is 24.8 Å². The number of fused-ring (bicyclic) bond motifs is 1. The summed E-state index contributed by atoms with van der Waals surface area (Å²) in [5, 5.41) is 10.7. The number of benzene rings is 1. The highest BCUT2D eigenvalue weighted by atomic mass is 32.2. The monoisotopic (exact) mass is 727 g/mol. The maximum atomic E-state index is 13.7. The SMILES string of the molecule is C=N/C1=C(/N)N(C)S(=O)(=O)N(CC(=O)NCC(=O)NCCCC[C@@H](N)C(=O)OC)CCOCCOCCOc2c(CNC)cccc2NC1=O. The summed E-state index contributed by atoms with van der Waals surface area (Å²) >= 11 is 0. The molecule has 1 aliphatic heterocycles. The molecular formula is C30H49N9O10S. The Morgan fingerprint density at radius 1 is 1.10 bits per heavy atom. The van der Waals surface area contributed by atoms with Gasteiger partial charge in [0.05, 0.1) is 52.3 Å². The Balaban J connectivity index is 2.19. The Kier molecular flexibility index (Phi) is 18.1. The summed E-state index contributed by atoms with van der Waals surface area (Å²) in [4.78, 5) is 53.6. The minimum absolute atomic E-state index is 0.120. The van der Waals surface area contributed by atoms with E-state index in [0.29, 0.717) is 35.9 Å². The number of carbonyl (C=O) groups excluding carboxylic acids is 4. The van der Waals surface area contributed by atoms with E-state index in [1.54, 1.807) is 19.2 Å². The zero-order chi connectivity index (χ0) is 37.1. The number of ether oxygens (including phenoxy) is 4. The van der Waals surface area contributed by atoms with Crippen molar-refractivity contribution in [1.82, 2.24) is 24.6 Å². The number of hydrogen-bond donors (Lipinski definition) is 6. The van der Waals surface area contributed by atoms with E-state index in [1.807, 2.05) is 6.07 Å². The summed E-state index contributed by atoms with van der Waals surface area (Å²) in [6.45, 7) is 3.17. The molecule has 0 fully saturated rings. The first-order chi connectivity index (χ1) is 23.9. The lowest BCUT2D eigenvalue weighted by atomic mass is 10.1. The number of nitrogens with two attached hydrogens (primary N) is 2. The second-order valence-electron chi connectivity index (χ2n) is 10.8. The normalized spacial score (nSPS) is 18.6. The molecule has 280 valence electrons. The highest BCUT2D eigenvalue weighted by Crippen LogP contribution is 2.30. The summed E-state index contributed by atoms with van der Waals surface area (Å²) in [5.74, 6) is -2.89. The second kappa shape index (κ2) is 21.7. The zero-order valence-electron chi connectivity index (χ0n) is 28.7. The van der Waals surface area contributed by atoms with Crippen LogP contribution in [0.5, 0.6) is 5.75 Å². The minimum atomic E-state index is -4.57. The number of anilines is 1. The van der Waals surface area contributed by atoms with Gasteiger partial charge in [-0.2, -0.15) is 12.7 Å². The lowest BCUT2D eigenvalue weighted by molar-refractivity contribution is -0.142. The van der Waals surface area contributed by atoms with E-state index >= 15 is 0 Å². The van der Waals surface area contributed by atoms with Crippen molar-refractivity contribution in [2.75, 3.05) is 85.7 Å². The largest absolute Gasteiger partial charge is 0.489 e. The second-order valence-corrected chi connectivity index (χ2v) is 12.8. The maximum Gasteiger partial charge on any atom is 0.322 e. The molecule has 0 aromatic heterocycles. The summed E-state index contributed by atoms with van der Waals surface area (Å²) in [5.41, 5.74) is 12.4. The smallest absolute Gasteiger partial charge is 0.322 e. The Morgan fingerprint density at radius 3 is 2.48 bits per heavy atom. The third kappa shape index (κ3) is 13.2. The molecule has 1 aromatic rings. The van der Waals surface area contributed by atoms with E-state index in [-0.39, 0.29) is 51.8 Å². The average Bonchev–Trinajstić information content (AvgIpc) is 3.09. The molecule has 8 N–H and O–H groups in total. The molecule has 0 aliphatic carbocycles. The molecule has 1 atom stereocenters. The van der Waals surface area contributed by atoms with Gasteiger partial charge in [-0.05, 0) is 39.1 Å². The van der Waals surface area contributed by atoms with Crippen LogP contribution in [0, 0.1) is 0 Å². The van der Waals surface area contributed by atoms with E-state index in [0.717, 1.165) is 16.9 Å². The Morgan fingerprint density at radius 2 is 1.80 bits per heavy atom. The number of amides is 3. The Hall–Kier alpha value is -4.34. The van der Waals surface area contributed by atoms with Crippen LogP contribution in [0.15, 0.2) is 34.7 Å². The topological polar surface area (TPSA) is 258 Å². The predicted molar refractivity (Wildman–Crippen MR) is 184 cm³/mol. The molecule has 20 heteroatoms. The van der Waals surface area contributed by atoms with E-state index < -0.39 is 64.5 Å². The van der Waals surface area contributed by atoms with Gasteiger partial charge in [0.2, 0.25) is 11.8 Å². The molecule has 0 radical (unpaired) electrons. The van der Waals surface area contributed by atoms with Gasteiger partial charge in [-0.1, -0.05) is 12.1 Å². The molecule has 19 nitrogen and oxygen atoms in total. The van der Waals surface area contributed by atoms with Crippen molar-refractivity contribution < 1.29 is 46.5 Å². The van der Waals surface area contributed by atoms with Crippen molar-refractivity contribution in [2.45, 2.75) is 31.8 Å². The molecule has 3 amide bonds. The van der Waals surface area contributed by atoms with Gasteiger partial charge in [-0.15, -0.1) is 0 Å². The molecule has 1 heterocycles. The van der Waals surface area contributed by atoms with E-state index in [2.05, 4.69) is 37.7 Å². The van der Waals surface area contributed by atoms with Gasteiger partial charge >= 0.3 is 16.2 Å². The number of nitrogens with zero attached hydrogens (tertiary/aromatic N) is 3. The summed E-state index contributed by atoms with van der Waals surface area (Å²) < 4.78 is 50.5. The minimum Gasteiger partial charge on any atom is -0.489 e. The van der Waals surface area contributed by atoms with Gasteiger partial charge in [-0.25, -0.2) is 4.31 Å². The van der Waals surface area contributed by atoms with Crippen LogP contribution >= 0.6 is 0 Å². The molecule has 2 rings (SSSR count). The fraction of sp³-hybridized carbons (Fsp3) is 0.567. The van der Waals surface area contributed by atoms with Gasteiger partial charge in [-0.3, -0.25) is 24.2 Å². The zero-order valence-corrected chi connectivity index (χ0v) is 29.5. The third-order valence-electron chi connectivity index (χ3n) is 7.20. The Labute approximate surface area is 292 Å². The first-order valence-corrected chi connectivity index (χ1v) is 17.2. The van der Waals surface area contributed by atoms with Gasteiger partial charge < -0.3 is 51.7 Å². The van der Waals surface area contributed by atoms with Crippen molar-refractivity contribution in [2.24, 2.45) is 16.5 Å². The number of hydrogen-bond acceptors (Lipinski definition) is 14. The summed E-state index contributed by atoms with van der Waals surface area (Å²) in [7, 11) is -0.479. The van der Waals surface area contributed by atoms with Crippen molar-refractivity contribution in [3.05, 3.63) is 35.3 Å². The fourth-order valence-electron chi connectivity index (χ4n) is 4.49. The van der Waals surface area contributed by atoms with Crippen LogP contribution in [0.25, 0.3) is 0 Å². The van der Waals surface area contributed by atoms with Crippen molar-refractivity contribution in [1.29, 1.82) is 0 Å². The van der Waals surface area contributed by atoms with Gasteiger partial charge in [0.1, 0.15) is 24.2 Å². The predicted octanol–water partition coefficient (Wildman–Crippen LogP) is -2.02. The van der Waals surface area contributed by atoms with Crippen LogP contribution in [-0.2, 0) is 50.1 Å². The number of carbonyl (C=O) groups is 4. The number of para-hydroxylation sites is 1. The maximum absolute atomic E-state index is 13.7. The van der Waals surface area contributed by atoms with E-state index in [4.69, 9.17) is 25.7 Å². The van der Waals surface area contributed by atoms with Crippen molar-refractivity contribution >= 4 is 46.3 Å². The van der Waals surface area contributed by atoms with E-state index in [9.17, 15) is 27.6 Å². The van der Waals surface area contributed by atoms with Gasteiger partial charge in [0, 0.05) is 32.2 Å².